The summed E-state index contributed by atoms with van der Waals surface area (Å²) in [5.41, 5.74) is 7.98. The Bertz CT molecular complexity index is 650. The lowest BCUT2D eigenvalue weighted by Crippen LogP contribution is -2.32. The lowest BCUT2D eigenvalue weighted by atomic mass is 9.99. The van der Waals surface area contributed by atoms with E-state index in [1.165, 1.54) is 0 Å². The Labute approximate surface area is 123 Å². The molecule has 4 N–H and O–H groups in total. The molecular weight excluding hydrogens is 266 g/mol. The zero-order valence-electron chi connectivity index (χ0n) is 12.2. The number of rotatable bonds is 4. The van der Waals surface area contributed by atoms with Gasteiger partial charge in [-0.2, -0.15) is 0 Å². The van der Waals surface area contributed by atoms with Crippen LogP contribution in [0.4, 0.5) is 5.69 Å². The van der Waals surface area contributed by atoms with Crippen LogP contribution in [0.5, 0.6) is 0 Å². The first-order chi connectivity index (χ1) is 10.2. The number of hydrogen-bond donors (Lipinski definition) is 3. The molecule has 1 fully saturated rings. The molecule has 1 saturated heterocycles. The molecule has 112 valence electrons. The third-order valence-electron chi connectivity index (χ3n) is 4.22. The molecule has 1 aliphatic rings. The SMILES string of the molecule is CCC1OCCC1CNC(=O)c1c[nH]c2cc(N)ccc12. The largest absolute Gasteiger partial charge is 0.399 e. The van der Waals surface area contributed by atoms with Crippen LogP contribution in [0.3, 0.4) is 0 Å². The zero-order chi connectivity index (χ0) is 14.8. The maximum Gasteiger partial charge on any atom is 0.253 e. The third-order valence-corrected chi connectivity index (χ3v) is 4.22. The van der Waals surface area contributed by atoms with Crippen LogP contribution in [-0.4, -0.2) is 30.1 Å². The minimum atomic E-state index is -0.0484. The molecule has 1 amide bonds. The smallest absolute Gasteiger partial charge is 0.253 e. The van der Waals surface area contributed by atoms with Crippen molar-refractivity contribution in [2.75, 3.05) is 18.9 Å². The molecule has 2 unspecified atom stereocenters. The van der Waals surface area contributed by atoms with E-state index in [2.05, 4.69) is 17.2 Å². The molecular formula is C16H21N3O2. The average Bonchev–Trinajstić information content (AvgIpc) is 3.10. The summed E-state index contributed by atoms with van der Waals surface area (Å²) < 4.78 is 5.65. The van der Waals surface area contributed by atoms with Gasteiger partial charge in [-0.1, -0.05) is 6.92 Å². The van der Waals surface area contributed by atoms with Crippen molar-refractivity contribution in [1.82, 2.24) is 10.3 Å². The van der Waals surface area contributed by atoms with Crippen LogP contribution in [-0.2, 0) is 4.74 Å². The summed E-state index contributed by atoms with van der Waals surface area (Å²) in [5, 5.41) is 3.93. The first-order valence-corrected chi connectivity index (χ1v) is 7.45. The number of nitrogens with two attached hydrogens (primary N) is 1. The van der Waals surface area contributed by atoms with E-state index in [-0.39, 0.29) is 12.0 Å². The third kappa shape index (κ3) is 2.74. The van der Waals surface area contributed by atoms with E-state index < -0.39 is 0 Å². The Hall–Kier alpha value is -2.01. The molecule has 1 aliphatic heterocycles. The first kappa shape index (κ1) is 13.9. The first-order valence-electron chi connectivity index (χ1n) is 7.45. The number of ether oxygens (including phenoxy) is 1. The van der Waals surface area contributed by atoms with Gasteiger partial charge in [-0.05, 0) is 31.0 Å². The number of anilines is 1. The van der Waals surface area contributed by atoms with Gasteiger partial charge < -0.3 is 20.8 Å². The monoisotopic (exact) mass is 287 g/mol. The molecule has 0 spiro atoms. The van der Waals surface area contributed by atoms with Crippen LogP contribution in [0, 0.1) is 5.92 Å². The Morgan fingerprint density at radius 2 is 2.38 bits per heavy atom. The van der Waals surface area contributed by atoms with E-state index in [1.807, 2.05) is 18.2 Å². The van der Waals surface area contributed by atoms with Gasteiger partial charge in [0.1, 0.15) is 0 Å². The highest BCUT2D eigenvalue weighted by molar-refractivity contribution is 6.07. The van der Waals surface area contributed by atoms with Crippen molar-refractivity contribution in [2.45, 2.75) is 25.9 Å². The van der Waals surface area contributed by atoms with Gasteiger partial charge in [0.2, 0.25) is 0 Å². The summed E-state index contributed by atoms with van der Waals surface area (Å²) >= 11 is 0. The second kappa shape index (κ2) is 5.77. The van der Waals surface area contributed by atoms with Gasteiger partial charge in [-0.3, -0.25) is 4.79 Å². The van der Waals surface area contributed by atoms with Crippen molar-refractivity contribution < 1.29 is 9.53 Å². The molecule has 2 heterocycles. The van der Waals surface area contributed by atoms with Crippen molar-refractivity contribution in [3.8, 4) is 0 Å². The molecule has 0 saturated carbocycles. The van der Waals surface area contributed by atoms with Gasteiger partial charge in [0.25, 0.3) is 5.91 Å². The summed E-state index contributed by atoms with van der Waals surface area (Å²) in [6.45, 7) is 3.58. The standard InChI is InChI=1S/C16H21N3O2/c1-2-15-10(5-6-21-15)8-19-16(20)13-9-18-14-7-11(17)3-4-12(13)14/h3-4,7,9-10,15,18H,2,5-6,8,17H2,1H3,(H,19,20). The van der Waals surface area contributed by atoms with Crippen molar-refractivity contribution in [1.29, 1.82) is 0 Å². The van der Waals surface area contributed by atoms with Crippen molar-refractivity contribution in [3.05, 3.63) is 30.0 Å². The number of aromatic amines is 1. The van der Waals surface area contributed by atoms with Crippen LogP contribution >= 0.6 is 0 Å². The Kier molecular flexibility index (Phi) is 3.84. The van der Waals surface area contributed by atoms with E-state index in [0.29, 0.717) is 23.7 Å². The normalized spacial score (nSPS) is 21.8. The lowest BCUT2D eigenvalue weighted by molar-refractivity contribution is 0.0827. The van der Waals surface area contributed by atoms with Gasteiger partial charge in [-0.15, -0.1) is 0 Å². The molecule has 3 rings (SSSR count). The maximum absolute atomic E-state index is 12.4. The van der Waals surface area contributed by atoms with Gasteiger partial charge in [0, 0.05) is 41.9 Å². The minimum Gasteiger partial charge on any atom is -0.399 e. The fraction of sp³-hybridized carbons (Fsp3) is 0.438. The van der Waals surface area contributed by atoms with Crippen LogP contribution in [0.1, 0.15) is 30.1 Å². The summed E-state index contributed by atoms with van der Waals surface area (Å²) in [7, 11) is 0. The van der Waals surface area contributed by atoms with Crippen LogP contribution in [0.2, 0.25) is 0 Å². The van der Waals surface area contributed by atoms with E-state index in [9.17, 15) is 4.79 Å². The van der Waals surface area contributed by atoms with Crippen LogP contribution in [0.25, 0.3) is 10.9 Å². The Morgan fingerprint density at radius 3 is 3.19 bits per heavy atom. The number of hydrogen-bond acceptors (Lipinski definition) is 3. The highest BCUT2D eigenvalue weighted by Gasteiger charge is 2.27. The van der Waals surface area contributed by atoms with Crippen LogP contribution < -0.4 is 11.1 Å². The molecule has 1 aromatic carbocycles. The van der Waals surface area contributed by atoms with Crippen molar-refractivity contribution in [3.63, 3.8) is 0 Å². The molecule has 5 heteroatoms. The molecule has 0 radical (unpaired) electrons. The fourth-order valence-electron chi connectivity index (χ4n) is 3.03. The van der Waals surface area contributed by atoms with Crippen LogP contribution in [0.15, 0.2) is 24.4 Å². The summed E-state index contributed by atoms with van der Waals surface area (Å²) in [5.74, 6) is 0.368. The number of carbonyl (C=O) groups is 1. The maximum atomic E-state index is 12.4. The Balaban J connectivity index is 1.69. The number of aromatic nitrogens is 1. The number of nitrogens with one attached hydrogen (secondary N) is 2. The van der Waals surface area contributed by atoms with E-state index in [4.69, 9.17) is 10.5 Å². The second-order valence-electron chi connectivity index (χ2n) is 5.58. The summed E-state index contributed by atoms with van der Waals surface area (Å²) in [6.07, 6.45) is 4.02. The number of H-pyrrole nitrogens is 1. The van der Waals surface area contributed by atoms with E-state index in [0.717, 1.165) is 30.4 Å². The minimum absolute atomic E-state index is 0.0484. The fourth-order valence-corrected chi connectivity index (χ4v) is 3.03. The van der Waals surface area contributed by atoms with Gasteiger partial charge in [-0.25, -0.2) is 0 Å². The molecule has 21 heavy (non-hydrogen) atoms. The number of fused-ring (bicyclic) bond motifs is 1. The second-order valence-corrected chi connectivity index (χ2v) is 5.58. The molecule has 2 aromatic rings. The van der Waals surface area contributed by atoms with Gasteiger partial charge in [0.05, 0.1) is 11.7 Å². The molecule has 5 nitrogen and oxygen atoms in total. The number of nitrogen functional groups attached to an aromatic ring is 1. The quantitative estimate of drug-likeness (QED) is 0.755. The summed E-state index contributed by atoms with van der Waals surface area (Å²) in [6, 6.07) is 5.53. The molecule has 0 bridgehead atoms. The number of benzene rings is 1. The van der Waals surface area contributed by atoms with Crippen molar-refractivity contribution in [2.24, 2.45) is 5.92 Å². The van der Waals surface area contributed by atoms with Gasteiger partial charge in [0.15, 0.2) is 0 Å². The number of carbonyl (C=O) groups excluding carboxylic acids is 1. The highest BCUT2D eigenvalue weighted by atomic mass is 16.5. The lowest BCUT2D eigenvalue weighted by Gasteiger charge is -2.17. The molecule has 1 aromatic heterocycles. The van der Waals surface area contributed by atoms with E-state index in [1.54, 1.807) is 6.20 Å². The predicted octanol–water partition coefficient (Wildman–Crippen LogP) is 2.29. The topological polar surface area (TPSA) is 80.1 Å². The molecule has 0 aliphatic carbocycles. The number of amides is 1. The molecule has 2 atom stereocenters. The van der Waals surface area contributed by atoms with E-state index >= 15 is 0 Å². The zero-order valence-corrected chi connectivity index (χ0v) is 12.2. The average molecular weight is 287 g/mol. The predicted molar refractivity (Wildman–Crippen MR) is 83.2 cm³/mol. The Morgan fingerprint density at radius 1 is 1.52 bits per heavy atom. The highest BCUT2D eigenvalue weighted by Crippen LogP contribution is 2.23. The van der Waals surface area contributed by atoms with Gasteiger partial charge >= 0.3 is 0 Å². The summed E-state index contributed by atoms with van der Waals surface area (Å²) in [4.78, 5) is 15.4. The van der Waals surface area contributed by atoms with Crippen molar-refractivity contribution >= 4 is 22.5 Å².